The van der Waals surface area contributed by atoms with E-state index in [-0.39, 0.29) is 24.1 Å². The second kappa shape index (κ2) is 7.93. The van der Waals surface area contributed by atoms with E-state index in [1.807, 2.05) is 0 Å². The van der Waals surface area contributed by atoms with Gasteiger partial charge in [-0.3, -0.25) is 9.59 Å². The molecule has 7 heteroatoms. The van der Waals surface area contributed by atoms with Crippen LogP contribution in [0, 0.1) is 0 Å². The van der Waals surface area contributed by atoms with Crippen LogP contribution in [0.15, 0.2) is 27.8 Å². The molecule has 2 amide bonds. The second-order valence-corrected chi connectivity index (χ2v) is 6.04. The molecule has 0 aromatic heterocycles. The third-order valence-corrected chi connectivity index (χ3v) is 3.88. The van der Waals surface area contributed by atoms with Crippen molar-refractivity contribution in [2.24, 2.45) is 5.10 Å². The zero-order chi connectivity index (χ0) is 15.9. The molecular formula is C15H18BrN3O3. The van der Waals surface area contributed by atoms with E-state index in [9.17, 15) is 14.7 Å². The number of hydrazone groups is 1. The average molecular weight is 368 g/mol. The first-order chi connectivity index (χ1) is 10.6. The van der Waals surface area contributed by atoms with Gasteiger partial charge in [0.05, 0.1) is 6.21 Å². The number of rotatable bonds is 4. The first-order valence-electron chi connectivity index (χ1n) is 7.14. The molecule has 0 atom stereocenters. The van der Waals surface area contributed by atoms with Crippen LogP contribution in [-0.2, 0) is 9.59 Å². The Morgan fingerprint density at radius 1 is 1.41 bits per heavy atom. The lowest BCUT2D eigenvalue weighted by Crippen LogP contribution is -2.39. The number of nitrogens with one attached hydrogen (secondary N) is 1. The second-order valence-electron chi connectivity index (χ2n) is 5.12. The first-order valence-corrected chi connectivity index (χ1v) is 7.94. The number of halogens is 1. The van der Waals surface area contributed by atoms with Gasteiger partial charge in [-0.15, -0.1) is 0 Å². The Hall–Kier alpha value is -1.89. The Balaban J connectivity index is 1.88. The number of likely N-dealkylation sites (tertiary alicyclic amines) is 1. The Morgan fingerprint density at radius 2 is 2.23 bits per heavy atom. The lowest BCUT2D eigenvalue weighted by Gasteiger charge is -2.18. The molecule has 1 aliphatic heterocycles. The molecule has 22 heavy (non-hydrogen) atoms. The lowest BCUT2D eigenvalue weighted by molar-refractivity contribution is -0.135. The van der Waals surface area contributed by atoms with Crippen LogP contribution in [0.25, 0.3) is 0 Å². The third-order valence-electron chi connectivity index (χ3n) is 3.39. The van der Waals surface area contributed by atoms with E-state index in [1.165, 1.54) is 12.3 Å². The third kappa shape index (κ3) is 4.84. The fourth-order valence-electron chi connectivity index (χ4n) is 2.22. The molecule has 2 N–H and O–H groups in total. The lowest BCUT2D eigenvalue weighted by atomic mass is 10.2. The van der Waals surface area contributed by atoms with Crippen LogP contribution in [0.4, 0.5) is 0 Å². The number of phenols is 1. The van der Waals surface area contributed by atoms with Crippen LogP contribution in [0.1, 0.15) is 31.2 Å². The summed E-state index contributed by atoms with van der Waals surface area (Å²) in [5.41, 5.74) is 2.86. The molecule has 1 aliphatic rings. The summed E-state index contributed by atoms with van der Waals surface area (Å²) in [6.45, 7) is 0.628. The summed E-state index contributed by atoms with van der Waals surface area (Å²) >= 11 is 3.29. The number of benzene rings is 1. The van der Waals surface area contributed by atoms with Crippen molar-refractivity contribution >= 4 is 34.0 Å². The summed E-state index contributed by atoms with van der Waals surface area (Å²) in [5, 5.41) is 13.5. The molecule has 0 saturated carbocycles. The number of phenolic OH excluding ortho intramolecular Hbond substituents is 1. The zero-order valence-electron chi connectivity index (χ0n) is 12.1. The molecule has 1 aromatic carbocycles. The number of carbonyl (C=O) groups is 2. The number of nitrogens with zero attached hydrogens (tertiary/aromatic N) is 2. The van der Waals surface area contributed by atoms with Gasteiger partial charge in [0, 0.05) is 23.0 Å². The summed E-state index contributed by atoms with van der Waals surface area (Å²) < 4.78 is 0.799. The highest BCUT2D eigenvalue weighted by Crippen LogP contribution is 2.19. The maximum absolute atomic E-state index is 11.8. The molecule has 0 bridgehead atoms. The molecule has 0 unspecified atom stereocenters. The molecule has 1 aromatic rings. The SMILES string of the molecule is O=C(CN1CCCCCC1=O)N/N=C/c1cc(Br)ccc1O. The Kier molecular flexibility index (Phi) is 5.94. The van der Waals surface area contributed by atoms with E-state index in [0.29, 0.717) is 18.5 Å². The summed E-state index contributed by atoms with van der Waals surface area (Å²) in [5.74, 6) is -0.258. The highest BCUT2D eigenvalue weighted by molar-refractivity contribution is 9.10. The molecular weight excluding hydrogens is 350 g/mol. The number of amides is 2. The molecule has 118 valence electrons. The predicted molar refractivity (Wildman–Crippen MR) is 86.6 cm³/mol. The molecule has 1 fully saturated rings. The van der Waals surface area contributed by atoms with Gasteiger partial charge in [0.25, 0.3) is 5.91 Å². The van der Waals surface area contributed by atoms with Gasteiger partial charge in [0.1, 0.15) is 12.3 Å². The van der Waals surface area contributed by atoms with Crippen molar-refractivity contribution < 1.29 is 14.7 Å². The van der Waals surface area contributed by atoms with Crippen molar-refractivity contribution in [1.82, 2.24) is 10.3 Å². The molecule has 0 radical (unpaired) electrons. The van der Waals surface area contributed by atoms with Crippen molar-refractivity contribution in [2.75, 3.05) is 13.1 Å². The predicted octanol–water partition coefficient (Wildman–Crippen LogP) is 2.01. The van der Waals surface area contributed by atoms with E-state index < -0.39 is 0 Å². The molecule has 0 aliphatic carbocycles. The summed E-state index contributed by atoms with van der Waals surface area (Å²) in [7, 11) is 0. The van der Waals surface area contributed by atoms with E-state index in [0.717, 1.165) is 23.7 Å². The summed E-state index contributed by atoms with van der Waals surface area (Å²) in [6.07, 6.45) is 4.69. The van der Waals surface area contributed by atoms with Gasteiger partial charge in [-0.2, -0.15) is 5.10 Å². The molecule has 1 heterocycles. The Bertz CT molecular complexity index is 589. The minimum atomic E-state index is -0.346. The smallest absolute Gasteiger partial charge is 0.259 e. The van der Waals surface area contributed by atoms with Crippen LogP contribution >= 0.6 is 15.9 Å². The number of carbonyl (C=O) groups excluding carboxylic acids is 2. The number of hydrogen-bond donors (Lipinski definition) is 2. The number of aromatic hydroxyl groups is 1. The van der Waals surface area contributed by atoms with Gasteiger partial charge in [-0.1, -0.05) is 22.4 Å². The standard InChI is InChI=1S/C15H18BrN3O3/c16-12-5-6-13(20)11(8-12)9-17-18-14(21)10-19-7-3-1-2-4-15(19)22/h5-6,8-9,20H,1-4,7,10H2,(H,18,21)/b17-9+. The average Bonchev–Trinajstić information content (AvgIpc) is 2.68. The van der Waals surface area contributed by atoms with Gasteiger partial charge in [-0.25, -0.2) is 5.43 Å². The van der Waals surface area contributed by atoms with Crippen molar-refractivity contribution in [1.29, 1.82) is 0 Å². The van der Waals surface area contributed by atoms with Gasteiger partial charge < -0.3 is 10.0 Å². The molecule has 6 nitrogen and oxygen atoms in total. The minimum Gasteiger partial charge on any atom is -0.507 e. The Labute approximate surface area is 137 Å². The molecule has 0 spiro atoms. The highest BCUT2D eigenvalue weighted by Gasteiger charge is 2.18. The van der Waals surface area contributed by atoms with E-state index in [1.54, 1.807) is 17.0 Å². The van der Waals surface area contributed by atoms with Crippen LogP contribution in [0.5, 0.6) is 5.75 Å². The topological polar surface area (TPSA) is 82.0 Å². The van der Waals surface area contributed by atoms with E-state index in [4.69, 9.17) is 0 Å². The number of hydrogen-bond acceptors (Lipinski definition) is 4. The van der Waals surface area contributed by atoms with Gasteiger partial charge in [0.15, 0.2) is 0 Å². The van der Waals surface area contributed by atoms with Crippen LogP contribution in [0.3, 0.4) is 0 Å². The van der Waals surface area contributed by atoms with Crippen molar-refractivity contribution in [3.63, 3.8) is 0 Å². The van der Waals surface area contributed by atoms with E-state index in [2.05, 4.69) is 26.5 Å². The van der Waals surface area contributed by atoms with Crippen molar-refractivity contribution in [3.8, 4) is 5.75 Å². The molecule has 2 rings (SSSR count). The van der Waals surface area contributed by atoms with Gasteiger partial charge >= 0.3 is 0 Å². The van der Waals surface area contributed by atoms with Crippen LogP contribution in [0.2, 0.25) is 0 Å². The van der Waals surface area contributed by atoms with Gasteiger partial charge in [0.2, 0.25) is 5.91 Å². The fourth-order valence-corrected chi connectivity index (χ4v) is 2.60. The Morgan fingerprint density at radius 3 is 3.05 bits per heavy atom. The van der Waals surface area contributed by atoms with Crippen LogP contribution in [-0.4, -0.2) is 41.1 Å². The summed E-state index contributed by atoms with van der Waals surface area (Å²) in [4.78, 5) is 25.2. The normalized spacial score (nSPS) is 15.9. The monoisotopic (exact) mass is 367 g/mol. The first kappa shape index (κ1) is 16.5. The molecule has 1 saturated heterocycles. The largest absolute Gasteiger partial charge is 0.507 e. The maximum atomic E-state index is 11.8. The maximum Gasteiger partial charge on any atom is 0.259 e. The zero-order valence-corrected chi connectivity index (χ0v) is 13.7. The quantitative estimate of drug-likeness (QED) is 0.630. The van der Waals surface area contributed by atoms with Crippen molar-refractivity contribution in [2.45, 2.75) is 25.7 Å². The van der Waals surface area contributed by atoms with Crippen molar-refractivity contribution in [3.05, 3.63) is 28.2 Å². The van der Waals surface area contributed by atoms with Crippen LogP contribution < -0.4 is 5.43 Å². The van der Waals surface area contributed by atoms with Gasteiger partial charge in [-0.05, 0) is 31.0 Å². The highest BCUT2D eigenvalue weighted by atomic mass is 79.9. The summed E-state index contributed by atoms with van der Waals surface area (Å²) in [6, 6.07) is 4.92. The van der Waals surface area contributed by atoms with E-state index >= 15 is 0 Å². The fraction of sp³-hybridized carbons (Fsp3) is 0.400. The minimum absolute atomic E-state index is 0.0145.